The van der Waals surface area contributed by atoms with Crippen LogP contribution in [0.4, 0.5) is 0 Å². The van der Waals surface area contributed by atoms with Crippen LogP contribution in [0.1, 0.15) is 213 Å². The van der Waals surface area contributed by atoms with Crippen LogP contribution < -0.4 is 0 Å². The van der Waals surface area contributed by atoms with E-state index in [0.717, 1.165) is 141 Å². The smallest absolute Gasteiger partial charge is 0.306 e. The summed E-state index contributed by atoms with van der Waals surface area (Å²) in [5.41, 5.74) is 0. The summed E-state index contributed by atoms with van der Waals surface area (Å²) < 4.78 is 16.7. The lowest BCUT2D eigenvalue weighted by Crippen LogP contribution is -2.30. The molecule has 0 bridgehead atoms. The molecule has 0 unspecified atom stereocenters. The van der Waals surface area contributed by atoms with E-state index in [-0.39, 0.29) is 44.0 Å². The first-order chi connectivity index (χ1) is 34.0. The van der Waals surface area contributed by atoms with E-state index in [4.69, 9.17) is 14.2 Å². The Morgan fingerprint density at radius 2 is 0.594 bits per heavy atom. The predicted molar refractivity (Wildman–Crippen MR) is 297 cm³/mol. The molecule has 0 aromatic rings. The molecule has 0 aliphatic rings. The van der Waals surface area contributed by atoms with Crippen LogP contribution in [0.3, 0.4) is 0 Å². The molecule has 0 saturated carbocycles. The van der Waals surface area contributed by atoms with Crippen molar-refractivity contribution in [2.24, 2.45) is 0 Å². The summed E-state index contributed by atoms with van der Waals surface area (Å²) in [5.74, 6) is -1.06. The van der Waals surface area contributed by atoms with E-state index in [9.17, 15) is 14.4 Å². The number of carbonyl (C=O) groups is 3. The van der Waals surface area contributed by atoms with Crippen molar-refractivity contribution in [2.45, 2.75) is 219 Å². The van der Waals surface area contributed by atoms with Crippen LogP contribution in [0.2, 0.25) is 0 Å². The molecule has 0 N–H and O–H groups in total. The standard InChI is InChI=1S/C63H98O6/c1-4-7-10-13-16-19-22-25-28-30-31-33-35-38-41-44-47-50-53-56-62(65)68-59-60(58-67-61(64)55-52-49-46-43-40-37-34-27-24-21-18-15-12-9-6-3)69-63(66)57-54-51-48-45-42-39-36-32-29-26-23-20-17-14-11-8-5-2/h8-9,11-12,16-21,25-29,31,33-34,36,38-39,41,47,50,60H,4-7,10,13-15,22-24,30,32,35,37,40,42-46,48-49,51-59H2,1-3H3/b11-8-,12-9-,19-16-,20-17-,21-18-,28-25-,29-26-,33-31-,34-27-,39-36-,41-38-,50-47-/t60-/m1/s1. The Balaban J connectivity index is 4.60. The zero-order chi connectivity index (χ0) is 50.0. The molecular formula is C63H98O6. The van der Waals surface area contributed by atoms with Gasteiger partial charge in [-0.2, -0.15) is 0 Å². The van der Waals surface area contributed by atoms with Gasteiger partial charge in [0.1, 0.15) is 13.2 Å². The molecule has 0 amide bonds. The number of unbranched alkanes of at least 4 members (excludes halogenated alkanes) is 12. The molecule has 6 heteroatoms. The van der Waals surface area contributed by atoms with Crippen LogP contribution in [-0.4, -0.2) is 37.2 Å². The highest BCUT2D eigenvalue weighted by atomic mass is 16.6. The minimum Gasteiger partial charge on any atom is -0.462 e. The van der Waals surface area contributed by atoms with E-state index in [0.29, 0.717) is 12.8 Å². The third kappa shape index (κ3) is 54.1. The fraction of sp³-hybridized carbons (Fsp3) is 0.571. The van der Waals surface area contributed by atoms with Crippen molar-refractivity contribution in [3.63, 3.8) is 0 Å². The fourth-order valence-electron chi connectivity index (χ4n) is 6.78. The van der Waals surface area contributed by atoms with Crippen LogP contribution in [0.5, 0.6) is 0 Å². The van der Waals surface area contributed by atoms with Crippen molar-refractivity contribution in [3.8, 4) is 0 Å². The molecule has 0 rings (SSSR count). The first-order valence-corrected chi connectivity index (χ1v) is 27.3. The molecular weight excluding hydrogens is 853 g/mol. The average Bonchev–Trinajstić information content (AvgIpc) is 3.35. The summed E-state index contributed by atoms with van der Waals surface area (Å²) in [6.45, 7) is 6.26. The fourth-order valence-corrected chi connectivity index (χ4v) is 6.78. The Bertz CT molecular complexity index is 1560. The quantitative estimate of drug-likeness (QED) is 0.0262. The van der Waals surface area contributed by atoms with E-state index in [1.54, 1.807) is 0 Å². The van der Waals surface area contributed by atoms with Crippen LogP contribution in [0, 0.1) is 0 Å². The molecule has 1 atom stereocenters. The van der Waals surface area contributed by atoms with Gasteiger partial charge in [-0.3, -0.25) is 14.4 Å². The molecule has 69 heavy (non-hydrogen) atoms. The highest BCUT2D eigenvalue weighted by Gasteiger charge is 2.19. The number of allylic oxidation sites excluding steroid dienone is 24. The Kier molecular flexibility index (Phi) is 52.1. The van der Waals surface area contributed by atoms with Gasteiger partial charge < -0.3 is 14.2 Å². The van der Waals surface area contributed by atoms with E-state index >= 15 is 0 Å². The second-order valence-electron chi connectivity index (χ2n) is 17.4. The van der Waals surface area contributed by atoms with Crippen molar-refractivity contribution >= 4 is 17.9 Å². The van der Waals surface area contributed by atoms with Gasteiger partial charge >= 0.3 is 17.9 Å². The second-order valence-corrected chi connectivity index (χ2v) is 17.4. The van der Waals surface area contributed by atoms with Gasteiger partial charge in [0.15, 0.2) is 6.10 Å². The summed E-state index contributed by atoms with van der Waals surface area (Å²) in [7, 11) is 0. The number of esters is 3. The van der Waals surface area contributed by atoms with Crippen LogP contribution in [0.25, 0.3) is 0 Å². The zero-order valence-corrected chi connectivity index (χ0v) is 44.0. The highest BCUT2D eigenvalue weighted by molar-refractivity contribution is 5.71. The summed E-state index contributed by atoms with van der Waals surface area (Å²) >= 11 is 0. The third-order valence-corrected chi connectivity index (χ3v) is 10.8. The zero-order valence-electron chi connectivity index (χ0n) is 44.0. The van der Waals surface area contributed by atoms with Gasteiger partial charge in [0.05, 0.1) is 0 Å². The minimum atomic E-state index is -0.835. The van der Waals surface area contributed by atoms with E-state index < -0.39 is 6.10 Å². The lowest BCUT2D eigenvalue weighted by Gasteiger charge is -2.18. The predicted octanol–water partition coefficient (Wildman–Crippen LogP) is 18.4. The van der Waals surface area contributed by atoms with E-state index in [1.807, 2.05) is 12.2 Å². The minimum absolute atomic E-state index is 0.126. The van der Waals surface area contributed by atoms with Crippen LogP contribution in [-0.2, 0) is 28.6 Å². The van der Waals surface area contributed by atoms with E-state index in [1.165, 1.54) is 25.7 Å². The molecule has 0 aromatic heterocycles. The van der Waals surface area contributed by atoms with Crippen molar-refractivity contribution in [2.75, 3.05) is 13.2 Å². The van der Waals surface area contributed by atoms with Gasteiger partial charge in [0, 0.05) is 19.3 Å². The molecule has 0 aliphatic carbocycles. The molecule has 6 nitrogen and oxygen atoms in total. The van der Waals surface area contributed by atoms with Crippen molar-refractivity contribution in [1.29, 1.82) is 0 Å². The van der Waals surface area contributed by atoms with Crippen molar-refractivity contribution < 1.29 is 28.6 Å². The summed E-state index contributed by atoms with van der Waals surface area (Å²) in [6, 6.07) is 0. The molecule has 0 aliphatic heterocycles. The molecule has 0 heterocycles. The van der Waals surface area contributed by atoms with Gasteiger partial charge in [-0.05, 0) is 128 Å². The maximum atomic E-state index is 12.8. The van der Waals surface area contributed by atoms with Crippen LogP contribution >= 0.6 is 0 Å². The van der Waals surface area contributed by atoms with E-state index in [2.05, 4.69) is 154 Å². The third-order valence-electron chi connectivity index (χ3n) is 10.8. The van der Waals surface area contributed by atoms with Gasteiger partial charge in [0.2, 0.25) is 0 Å². The molecule has 0 saturated heterocycles. The average molecular weight is 951 g/mol. The molecule has 0 fully saturated rings. The Morgan fingerprint density at radius 1 is 0.304 bits per heavy atom. The highest BCUT2D eigenvalue weighted by Crippen LogP contribution is 2.12. The number of carbonyl (C=O) groups excluding carboxylic acids is 3. The first-order valence-electron chi connectivity index (χ1n) is 27.3. The molecule has 0 spiro atoms. The number of hydrogen-bond acceptors (Lipinski definition) is 6. The lowest BCUT2D eigenvalue weighted by molar-refractivity contribution is -0.166. The molecule has 386 valence electrons. The number of ether oxygens (including phenoxy) is 3. The first kappa shape index (κ1) is 64.3. The maximum Gasteiger partial charge on any atom is 0.306 e. The summed E-state index contributed by atoms with van der Waals surface area (Å²) in [5, 5.41) is 0. The Morgan fingerprint density at radius 3 is 0.971 bits per heavy atom. The lowest BCUT2D eigenvalue weighted by atomic mass is 10.1. The second kappa shape index (κ2) is 55.9. The summed E-state index contributed by atoms with van der Waals surface area (Å²) in [4.78, 5) is 38.1. The SMILES string of the molecule is CC/C=C\C/C=C\C/C=C\C/C=C\CCCCCCC(=O)O[C@@H](COC(=O)CC/C=C\C/C=C\C/C=C\C/C=C\C/C=C\CCCCC)COC(=O)CCCCCCC/C=C\C/C=C\C/C=C\CC. The maximum absolute atomic E-state index is 12.8. The molecule has 0 radical (unpaired) electrons. The van der Waals surface area contributed by atoms with Crippen LogP contribution in [0.15, 0.2) is 146 Å². The Labute approximate surface area is 423 Å². The van der Waals surface area contributed by atoms with Gasteiger partial charge in [-0.15, -0.1) is 0 Å². The van der Waals surface area contributed by atoms with Crippen molar-refractivity contribution in [1.82, 2.24) is 0 Å². The number of hydrogen-bond donors (Lipinski definition) is 0. The number of rotatable bonds is 47. The largest absolute Gasteiger partial charge is 0.462 e. The van der Waals surface area contributed by atoms with Gasteiger partial charge in [0.25, 0.3) is 0 Å². The monoisotopic (exact) mass is 951 g/mol. The normalized spacial score (nSPS) is 13.3. The summed E-state index contributed by atoms with van der Waals surface area (Å²) in [6.07, 6.45) is 79.8. The van der Waals surface area contributed by atoms with Gasteiger partial charge in [-0.25, -0.2) is 0 Å². The molecule has 0 aromatic carbocycles. The Hall–Kier alpha value is -4.71. The van der Waals surface area contributed by atoms with Gasteiger partial charge in [-0.1, -0.05) is 212 Å². The topological polar surface area (TPSA) is 78.9 Å². The van der Waals surface area contributed by atoms with Crippen molar-refractivity contribution in [3.05, 3.63) is 146 Å².